The summed E-state index contributed by atoms with van der Waals surface area (Å²) in [7, 11) is 0. The summed E-state index contributed by atoms with van der Waals surface area (Å²) < 4.78 is 12.9. The lowest BCUT2D eigenvalue weighted by Crippen LogP contribution is -2.60. The Kier molecular flexibility index (Phi) is 12.5. The first kappa shape index (κ1) is 36.8. The van der Waals surface area contributed by atoms with Crippen LogP contribution in [-0.2, 0) is 28.7 Å². The van der Waals surface area contributed by atoms with Crippen molar-refractivity contribution in [2.24, 2.45) is 17.8 Å². The third kappa shape index (κ3) is 7.22. The normalized spacial score (nSPS) is 28.0. The second-order valence-corrected chi connectivity index (χ2v) is 14.5. The largest absolute Gasteiger partial charge is 0.455 e. The van der Waals surface area contributed by atoms with Gasteiger partial charge in [0.2, 0.25) is 17.7 Å². The van der Waals surface area contributed by atoms with Gasteiger partial charge < -0.3 is 29.7 Å². The summed E-state index contributed by atoms with van der Waals surface area (Å²) in [5, 5.41) is 13.5. The maximum Gasteiger partial charge on any atom is 0.313 e. The number of allylic oxidation sites excluding steroid dienone is 1. The number of benzene rings is 1. The van der Waals surface area contributed by atoms with E-state index >= 15 is 0 Å². The minimum atomic E-state index is -1.29. The molecule has 47 heavy (non-hydrogen) atoms. The van der Waals surface area contributed by atoms with E-state index in [0.717, 1.165) is 12.8 Å². The number of carbonyl (C=O) groups excluding carboxylic acids is 4. The van der Waals surface area contributed by atoms with E-state index in [1.54, 1.807) is 24.0 Å². The Morgan fingerprint density at radius 1 is 1.21 bits per heavy atom. The van der Waals surface area contributed by atoms with Crippen molar-refractivity contribution in [3.05, 3.63) is 61.2 Å². The summed E-state index contributed by atoms with van der Waals surface area (Å²) in [6, 6.07) is 6.88. The molecule has 3 heterocycles. The van der Waals surface area contributed by atoms with E-state index in [2.05, 4.69) is 34.4 Å². The maximum absolute atomic E-state index is 14.6. The van der Waals surface area contributed by atoms with E-state index in [-0.39, 0.29) is 35.6 Å². The monoisotopic (exact) mass is 715 g/mol. The standard InChI is InChI=1S/C36H50BrN3O7/c1-7-10-17-27(42)38-23(6)30(24-15-13-12-14-16-24)46-35(45)28-29-33(43)40(26(21-41)22(4)5)32(36(29)20-25(37)31(28)47-36)34(44)39(18-9-3)19-11-8-2/h7,9,12-16,22-23,25-26,28-32,41H,1,3,8,10-11,17-21H2,2,4-6H3,(H,38,42)/t23-,25?,26+,28-,29+,30-,31-,32-,36+/m1/s1. The zero-order chi connectivity index (χ0) is 34.5. The predicted octanol–water partition coefficient (Wildman–Crippen LogP) is 4.32. The van der Waals surface area contributed by atoms with E-state index in [4.69, 9.17) is 9.47 Å². The number of halogens is 1. The quantitative estimate of drug-likeness (QED) is 0.140. The Morgan fingerprint density at radius 3 is 2.51 bits per heavy atom. The molecule has 1 spiro atoms. The molecule has 3 saturated heterocycles. The molecule has 10 nitrogen and oxygen atoms in total. The van der Waals surface area contributed by atoms with E-state index < -0.39 is 59.6 Å². The minimum Gasteiger partial charge on any atom is -0.455 e. The first-order valence-electron chi connectivity index (χ1n) is 16.8. The van der Waals surface area contributed by atoms with E-state index in [1.165, 1.54) is 4.90 Å². The number of hydrogen-bond acceptors (Lipinski definition) is 7. The fraction of sp³-hybridized carbons (Fsp3) is 0.611. The van der Waals surface area contributed by atoms with Gasteiger partial charge in [0.1, 0.15) is 17.7 Å². The first-order chi connectivity index (χ1) is 22.5. The highest BCUT2D eigenvalue weighted by atomic mass is 79.9. The zero-order valence-corrected chi connectivity index (χ0v) is 29.6. The average molecular weight is 717 g/mol. The number of nitrogens with zero attached hydrogens (tertiary/aromatic N) is 2. The third-order valence-electron chi connectivity index (χ3n) is 9.78. The van der Waals surface area contributed by atoms with Gasteiger partial charge in [0.15, 0.2) is 0 Å². The molecule has 0 radical (unpaired) electrons. The van der Waals surface area contributed by atoms with Gasteiger partial charge in [0, 0.05) is 24.3 Å². The number of rotatable bonds is 17. The van der Waals surface area contributed by atoms with Crippen LogP contribution in [-0.4, -0.2) is 93.0 Å². The van der Waals surface area contributed by atoms with Gasteiger partial charge >= 0.3 is 5.97 Å². The Bertz CT molecular complexity index is 1310. The van der Waals surface area contributed by atoms with E-state index in [1.807, 2.05) is 51.1 Å². The molecule has 1 aromatic rings. The molecule has 2 bridgehead atoms. The summed E-state index contributed by atoms with van der Waals surface area (Å²) in [6.07, 6.45) is 4.53. The number of ether oxygens (including phenoxy) is 2. The van der Waals surface area contributed by atoms with Crippen molar-refractivity contribution >= 4 is 39.6 Å². The molecule has 9 atom stereocenters. The van der Waals surface area contributed by atoms with Gasteiger partial charge in [-0.25, -0.2) is 0 Å². The highest BCUT2D eigenvalue weighted by Crippen LogP contribution is 2.61. The van der Waals surface area contributed by atoms with Gasteiger partial charge in [-0.2, -0.15) is 0 Å². The van der Waals surface area contributed by atoms with Crippen molar-refractivity contribution in [3.63, 3.8) is 0 Å². The second-order valence-electron chi connectivity index (χ2n) is 13.3. The number of fused-ring (bicyclic) bond motifs is 1. The molecule has 3 aliphatic rings. The SMILES string of the molecule is C=CCCC(=O)N[C@H](C)[C@@H](OC(=O)[C@H]1[C@@H]2O[C@@]3(CC2Br)[C@@H]1C(=O)N([C@@H](CO)C(C)C)[C@@H]3C(=O)N(CC=C)CCCC)c1ccccc1. The number of carbonyl (C=O) groups is 4. The molecular weight excluding hydrogens is 666 g/mol. The molecule has 1 unspecified atom stereocenters. The van der Waals surface area contributed by atoms with Crippen LogP contribution < -0.4 is 5.32 Å². The molecule has 0 saturated carbocycles. The van der Waals surface area contributed by atoms with Crippen LogP contribution in [0.2, 0.25) is 0 Å². The molecule has 1 aromatic carbocycles. The van der Waals surface area contributed by atoms with Crippen LogP contribution >= 0.6 is 15.9 Å². The second kappa shape index (κ2) is 15.9. The average Bonchev–Trinajstić information content (AvgIpc) is 3.64. The van der Waals surface area contributed by atoms with Gasteiger partial charge in [0.25, 0.3) is 0 Å². The number of likely N-dealkylation sites (tertiary alicyclic amines) is 1. The number of aliphatic hydroxyl groups excluding tert-OH is 1. The van der Waals surface area contributed by atoms with Gasteiger partial charge in [-0.15, -0.1) is 13.2 Å². The highest BCUT2D eigenvalue weighted by Gasteiger charge is 2.77. The van der Waals surface area contributed by atoms with Crippen LogP contribution in [0.5, 0.6) is 0 Å². The fourth-order valence-electron chi connectivity index (χ4n) is 7.50. The molecular formula is C36H50BrN3O7. The molecule has 3 fully saturated rings. The Balaban J connectivity index is 1.73. The number of esters is 1. The van der Waals surface area contributed by atoms with Crippen LogP contribution in [0.3, 0.4) is 0 Å². The third-order valence-corrected chi connectivity index (χ3v) is 10.6. The zero-order valence-electron chi connectivity index (χ0n) is 28.0. The van der Waals surface area contributed by atoms with Gasteiger partial charge in [0.05, 0.1) is 36.6 Å². The van der Waals surface area contributed by atoms with Crippen LogP contribution in [0.15, 0.2) is 55.6 Å². The molecule has 2 N–H and O–H groups in total. The van der Waals surface area contributed by atoms with E-state index in [0.29, 0.717) is 31.5 Å². The fourth-order valence-corrected chi connectivity index (χ4v) is 8.45. The molecule has 11 heteroatoms. The summed E-state index contributed by atoms with van der Waals surface area (Å²) in [5.74, 6) is -3.67. The molecule has 0 aliphatic carbocycles. The van der Waals surface area contributed by atoms with Crippen LogP contribution in [0, 0.1) is 17.8 Å². The topological polar surface area (TPSA) is 125 Å². The van der Waals surface area contributed by atoms with Gasteiger partial charge in [-0.3, -0.25) is 19.2 Å². The predicted molar refractivity (Wildman–Crippen MR) is 182 cm³/mol. The number of aliphatic hydroxyl groups is 1. The van der Waals surface area contributed by atoms with Crippen molar-refractivity contribution < 1.29 is 33.8 Å². The van der Waals surface area contributed by atoms with Crippen LogP contribution in [0.1, 0.15) is 71.5 Å². The highest BCUT2D eigenvalue weighted by molar-refractivity contribution is 9.09. The lowest BCUT2D eigenvalue weighted by atomic mass is 9.70. The minimum absolute atomic E-state index is 0.173. The van der Waals surface area contributed by atoms with Crippen molar-refractivity contribution in [2.75, 3.05) is 19.7 Å². The lowest BCUT2D eigenvalue weighted by molar-refractivity contribution is -0.162. The molecule has 3 aliphatic heterocycles. The number of unbranched alkanes of at least 4 members (excludes halogenated alkanes) is 1. The van der Waals surface area contributed by atoms with Crippen molar-refractivity contribution in [1.82, 2.24) is 15.1 Å². The number of hydrogen-bond donors (Lipinski definition) is 2. The first-order valence-corrected chi connectivity index (χ1v) is 17.7. The van der Waals surface area contributed by atoms with E-state index in [9.17, 15) is 24.3 Å². The van der Waals surface area contributed by atoms with Crippen LogP contribution in [0.4, 0.5) is 0 Å². The number of alkyl halides is 1. The lowest BCUT2D eigenvalue weighted by Gasteiger charge is -2.40. The van der Waals surface area contributed by atoms with Crippen molar-refractivity contribution in [3.8, 4) is 0 Å². The number of amides is 3. The Labute approximate surface area is 287 Å². The summed E-state index contributed by atoms with van der Waals surface area (Å²) >= 11 is 3.72. The molecule has 3 amide bonds. The van der Waals surface area contributed by atoms with Gasteiger partial charge in [-0.05, 0) is 37.7 Å². The molecule has 258 valence electrons. The Morgan fingerprint density at radius 2 is 1.91 bits per heavy atom. The smallest absolute Gasteiger partial charge is 0.313 e. The number of nitrogens with one attached hydrogen (secondary N) is 1. The maximum atomic E-state index is 14.6. The Hall–Kier alpha value is -3.02. The van der Waals surface area contributed by atoms with Crippen molar-refractivity contribution in [2.45, 2.75) is 101 Å². The summed E-state index contributed by atoms with van der Waals surface area (Å²) in [5.41, 5.74) is -0.604. The summed E-state index contributed by atoms with van der Waals surface area (Å²) in [6.45, 7) is 15.6. The van der Waals surface area contributed by atoms with Gasteiger partial charge in [-0.1, -0.05) is 85.6 Å². The van der Waals surface area contributed by atoms with Crippen LogP contribution in [0.25, 0.3) is 0 Å². The summed E-state index contributed by atoms with van der Waals surface area (Å²) in [4.78, 5) is 59.0. The van der Waals surface area contributed by atoms with Crippen molar-refractivity contribution in [1.29, 1.82) is 0 Å². The molecule has 4 rings (SSSR count). The molecule has 0 aromatic heterocycles.